The van der Waals surface area contributed by atoms with E-state index in [4.69, 9.17) is 11.1 Å². The van der Waals surface area contributed by atoms with Crippen molar-refractivity contribution in [2.24, 2.45) is 5.73 Å². The smallest absolute Gasteiger partial charge is 0.141 e. The van der Waals surface area contributed by atoms with Gasteiger partial charge in [-0.1, -0.05) is 0 Å². The monoisotopic (exact) mass is 164 g/mol. The van der Waals surface area contributed by atoms with Crippen molar-refractivity contribution in [2.75, 3.05) is 19.0 Å². The van der Waals surface area contributed by atoms with Crippen molar-refractivity contribution in [3.05, 3.63) is 24.0 Å². The molecule has 0 aliphatic heterocycles. The van der Waals surface area contributed by atoms with Crippen LogP contribution >= 0.6 is 0 Å². The minimum absolute atomic E-state index is 0.000283. The average molecular weight is 164 g/mol. The lowest BCUT2D eigenvalue weighted by Crippen LogP contribution is -2.14. The number of nitrogens with two attached hydrogens (primary N) is 1. The van der Waals surface area contributed by atoms with Crippen molar-refractivity contribution in [1.82, 2.24) is 4.98 Å². The van der Waals surface area contributed by atoms with Gasteiger partial charge in [-0.3, -0.25) is 10.4 Å². The topological polar surface area (TPSA) is 66.0 Å². The van der Waals surface area contributed by atoms with Gasteiger partial charge in [-0.2, -0.15) is 0 Å². The number of amidine groups is 1. The van der Waals surface area contributed by atoms with Crippen LogP contribution in [0.25, 0.3) is 0 Å². The molecular weight excluding hydrogens is 152 g/mol. The Kier molecular flexibility index (Phi) is 2.28. The highest BCUT2D eigenvalue weighted by Crippen LogP contribution is 2.08. The summed E-state index contributed by atoms with van der Waals surface area (Å²) in [5.41, 5.74) is 6.76. The number of nitrogen functional groups attached to an aromatic ring is 1. The van der Waals surface area contributed by atoms with E-state index in [9.17, 15) is 0 Å². The van der Waals surface area contributed by atoms with E-state index in [1.54, 1.807) is 12.3 Å². The second kappa shape index (κ2) is 3.21. The molecule has 4 heteroatoms. The van der Waals surface area contributed by atoms with Gasteiger partial charge >= 0.3 is 0 Å². The molecule has 12 heavy (non-hydrogen) atoms. The third-order valence-electron chi connectivity index (χ3n) is 1.54. The number of rotatable bonds is 2. The minimum Gasteiger partial charge on any atom is -0.382 e. The van der Waals surface area contributed by atoms with Crippen LogP contribution in [0.5, 0.6) is 0 Å². The summed E-state index contributed by atoms with van der Waals surface area (Å²) in [7, 11) is 3.87. The summed E-state index contributed by atoms with van der Waals surface area (Å²) in [5, 5.41) is 7.11. The van der Waals surface area contributed by atoms with Gasteiger partial charge in [0.05, 0.1) is 11.9 Å². The number of nitrogens with one attached hydrogen (secondary N) is 1. The Morgan fingerprint density at radius 3 is 2.50 bits per heavy atom. The quantitative estimate of drug-likeness (QED) is 0.492. The van der Waals surface area contributed by atoms with Gasteiger partial charge in [-0.15, -0.1) is 0 Å². The number of hydrogen-bond acceptors (Lipinski definition) is 3. The van der Waals surface area contributed by atoms with E-state index in [-0.39, 0.29) is 5.84 Å². The van der Waals surface area contributed by atoms with Crippen LogP contribution in [0.3, 0.4) is 0 Å². The zero-order valence-electron chi connectivity index (χ0n) is 7.20. The summed E-state index contributed by atoms with van der Waals surface area (Å²) in [4.78, 5) is 5.95. The zero-order chi connectivity index (χ0) is 9.14. The Balaban J connectivity index is 2.93. The summed E-state index contributed by atoms with van der Waals surface area (Å²) < 4.78 is 0. The van der Waals surface area contributed by atoms with Gasteiger partial charge in [-0.05, 0) is 12.1 Å². The highest BCUT2D eigenvalue weighted by molar-refractivity contribution is 5.93. The second-order valence-corrected chi connectivity index (χ2v) is 2.71. The Morgan fingerprint density at radius 1 is 1.50 bits per heavy atom. The molecule has 3 N–H and O–H groups in total. The number of anilines is 1. The van der Waals surface area contributed by atoms with E-state index in [1.165, 1.54) is 0 Å². The second-order valence-electron chi connectivity index (χ2n) is 2.71. The molecule has 0 fully saturated rings. The molecule has 1 rings (SSSR count). The van der Waals surface area contributed by atoms with E-state index in [2.05, 4.69) is 4.98 Å². The van der Waals surface area contributed by atoms with Crippen LogP contribution in [0.2, 0.25) is 0 Å². The maximum atomic E-state index is 7.11. The molecule has 0 amide bonds. The maximum Gasteiger partial charge on any atom is 0.141 e. The Hall–Kier alpha value is -1.58. The van der Waals surface area contributed by atoms with E-state index >= 15 is 0 Å². The number of hydrogen-bond donors (Lipinski definition) is 2. The Morgan fingerprint density at radius 2 is 2.17 bits per heavy atom. The van der Waals surface area contributed by atoms with Crippen molar-refractivity contribution in [3.63, 3.8) is 0 Å². The van der Waals surface area contributed by atoms with Crippen molar-refractivity contribution >= 4 is 11.5 Å². The zero-order valence-corrected chi connectivity index (χ0v) is 7.20. The lowest BCUT2D eigenvalue weighted by Gasteiger charge is -2.11. The largest absolute Gasteiger partial charge is 0.382 e. The number of nitrogens with zero attached hydrogens (tertiary/aromatic N) is 2. The standard InChI is InChI=1S/C8H12N4/c1-12(2)6-3-4-7(8(9)10)11-5-6/h3-5H,1-2H3,(H3,9,10). The first-order valence-electron chi connectivity index (χ1n) is 3.59. The first kappa shape index (κ1) is 8.52. The molecule has 1 aromatic heterocycles. The molecule has 0 aromatic carbocycles. The first-order valence-corrected chi connectivity index (χ1v) is 3.59. The van der Waals surface area contributed by atoms with E-state index in [0.29, 0.717) is 5.69 Å². The molecule has 0 spiro atoms. The molecule has 1 aromatic rings. The van der Waals surface area contributed by atoms with Crippen molar-refractivity contribution in [3.8, 4) is 0 Å². The van der Waals surface area contributed by atoms with Gasteiger partial charge in [0, 0.05) is 14.1 Å². The highest BCUT2D eigenvalue weighted by atomic mass is 15.1. The van der Waals surface area contributed by atoms with E-state index in [0.717, 1.165) is 5.69 Å². The van der Waals surface area contributed by atoms with Crippen molar-refractivity contribution in [1.29, 1.82) is 5.41 Å². The molecule has 4 nitrogen and oxygen atoms in total. The Bertz CT molecular complexity index is 276. The molecule has 0 atom stereocenters. The molecule has 1 heterocycles. The molecule has 0 aliphatic carbocycles. The lowest BCUT2D eigenvalue weighted by atomic mass is 10.3. The molecule has 0 bridgehead atoms. The molecule has 0 unspecified atom stereocenters. The molecule has 0 radical (unpaired) electrons. The maximum absolute atomic E-state index is 7.11. The van der Waals surface area contributed by atoms with Gasteiger partial charge in [0.15, 0.2) is 0 Å². The third kappa shape index (κ3) is 1.72. The summed E-state index contributed by atoms with van der Waals surface area (Å²) in [6.07, 6.45) is 1.69. The van der Waals surface area contributed by atoms with Crippen molar-refractivity contribution in [2.45, 2.75) is 0 Å². The fourth-order valence-electron chi connectivity index (χ4n) is 0.810. The predicted molar refractivity (Wildman–Crippen MR) is 49.6 cm³/mol. The van der Waals surface area contributed by atoms with Crippen LogP contribution in [0.15, 0.2) is 18.3 Å². The van der Waals surface area contributed by atoms with Crippen molar-refractivity contribution < 1.29 is 0 Å². The van der Waals surface area contributed by atoms with Crippen LogP contribution in [-0.2, 0) is 0 Å². The fourth-order valence-corrected chi connectivity index (χ4v) is 0.810. The number of aromatic nitrogens is 1. The average Bonchev–Trinajstić information content (AvgIpc) is 2.04. The predicted octanol–water partition coefficient (Wildman–Crippen LogP) is 0.432. The summed E-state index contributed by atoms with van der Waals surface area (Å²) in [6.45, 7) is 0. The summed E-state index contributed by atoms with van der Waals surface area (Å²) >= 11 is 0. The number of pyridine rings is 1. The van der Waals surface area contributed by atoms with Crippen LogP contribution in [0.4, 0.5) is 5.69 Å². The SMILES string of the molecule is CN(C)c1ccc(C(=N)N)nc1. The molecule has 64 valence electrons. The molecule has 0 aliphatic rings. The molecular formula is C8H12N4. The van der Waals surface area contributed by atoms with Crippen LogP contribution in [0, 0.1) is 5.41 Å². The van der Waals surface area contributed by atoms with Gasteiger partial charge in [-0.25, -0.2) is 0 Å². The van der Waals surface area contributed by atoms with Crippen LogP contribution < -0.4 is 10.6 Å². The van der Waals surface area contributed by atoms with Gasteiger partial charge < -0.3 is 10.6 Å². The van der Waals surface area contributed by atoms with Gasteiger partial charge in [0.1, 0.15) is 11.5 Å². The van der Waals surface area contributed by atoms with Crippen LogP contribution in [0.1, 0.15) is 5.69 Å². The van der Waals surface area contributed by atoms with E-state index < -0.39 is 0 Å². The first-order chi connectivity index (χ1) is 5.61. The van der Waals surface area contributed by atoms with E-state index in [1.807, 2.05) is 25.1 Å². The third-order valence-corrected chi connectivity index (χ3v) is 1.54. The lowest BCUT2D eigenvalue weighted by molar-refractivity contribution is 1.10. The Labute approximate surface area is 71.5 Å². The fraction of sp³-hybridized carbons (Fsp3) is 0.250. The van der Waals surface area contributed by atoms with Gasteiger partial charge in [0.25, 0.3) is 0 Å². The normalized spacial score (nSPS) is 9.50. The summed E-state index contributed by atoms with van der Waals surface area (Å²) in [5.74, 6) is 0.000283. The van der Waals surface area contributed by atoms with Gasteiger partial charge in [0.2, 0.25) is 0 Å². The van der Waals surface area contributed by atoms with Crippen LogP contribution in [-0.4, -0.2) is 24.9 Å². The molecule has 0 saturated carbocycles. The highest BCUT2D eigenvalue weighted by Gasteiger charge is 1.98. The minimum atomic E-state index is 0.000283. The summed E-state index contributed by atoms with van der Waals surface area (Å²) in [6, 6.07) is 3.61. The molecule has 0 saturated heterocycles.